The van der Waals surface area contributed by atoms with Gasteiger partial charge in [0.15, 0.2) is 11.5 Å². The third kappa shape index (κ3) is 3.65. The number of hydrogen-bond acceptors (Lipinski definition) is 4. The van der Waals surface area contributed by atoms with Crippen LogP contribution in [0.5, 0.6) is 17.2 Å². The van der Waals surface area contributed by atoms with E-state index in [1.165, 1.54) is 0 Å². The molecule has 0 fully saturated rings. The minimum atomic E-state index is 0.0598. The molecule has 21 heavy (non-hydrogen) atoms. The van der Waals surface area contributed by atoms with E-state index in [-0.39, 0.29) is 5.75 Å². The van der Waals surface area contributed by atoms with E-state index < -0.39 is 0 Å². The number of nitrogens with one attached hydrogen (secondary N) is 1. The highest BCUT2D eigenvalue weighted by Crippen LogP contribution is 2.36. The van der Waals surface area contributed by atoms with Crippen LogP contribution in [0.15, 0.2) is 30.3 Å². The largest absolute Gasteiger partial charge is 0.506 e. The van der Waals surface area contributed by atoms with E-state index in [4.69, 9.17) is 32.7 Å². The van der Waals surface area contributed by atoms with E-state index in [1.54, 1.807) is 44.6 Å². The molecule has 4 nitrogen and oxygen atoms in total. The highest BCUT2D eigenvalue weighted by atomic mass is 35.5. The number of halogens is 2. The van der Waals surface area contributed by atoms with Crippen LogP contribution in [0.1, 0.15) is 5.56 Å². The maximum absolute atomic E-state index is 9.40. The lowest BCUT2D eigenvalue weighted by molar-refractivity contribution is 0.355. The van der Waals surface area contributed by atoms with Gasteiger partial charge in [0.25, 0.3) is 0 Å². The van der Waals surface area contributed by atoms with Gasteiger partial charge in [-0.1, -0.05) is 29.3 Å². The van der Waals surface area contributed by atoms with Crippen LogP contribution in [0.25, 0.3) is 0 Å². The van der Waals surface area contributed by atoms with Crippen LogP contribution in [0.2, 0.25) is 10.0 Å². The van der Waals surface area contributed by atoms with Gasteiger partial charge in [-0.05, 0) is 17.7 Å². The summed E-state index contributed by atoms with van der Waals surface area (Å²) in [6, 6.07) is 8.48. The number of aromatic hydroxyl groups is 1. The molecule has 0 atom stereocenters. The zero-order valence-electron chi connectivity index (χ0n) is 11.6. The van der Waals surface area contributed by atoms with E-state index in [0.717, 1.165) is 11.3 Å². The van der Waals surface area contributed by atoms with Gasteiger partial charge in [0, 0.05) is 18.7 Å². The third-order valence-corrected chi connectivity index (χ3v) is 3.58. The molecule has 6 heteroatoms. The zero-order valence-corrected chi connectivity index (χ0v) is 13.1. The summed E-state index contributed by atoms with van der Waals surface area (Å²) in [6.45, 7) is 0.509. The Labute approximate surface area is 133 Å². The van der Waals surface area contributed by atoms with Crippen molar-refractivity contribution in [1.29, 1.82) is 0 Å². The average molecular weight is 328 g/mol. The van der Waals surface area contributed by atoms with Crippen LogP contribution in [0.4, 0.5) is 5.69 Å². The average Bonchev–Trinajstić information content (AvgIpc) is 2.49. The van der Waals surface area contributed by atoms with Crippen LogP contribution < -0.4 is 14.8 Å². The fourth-order valence-electron chi connectivity index (χ4n) is 1.85. The topological polar surface area (TPSA) is 50.7 Å². The first-order valence-corrected chi connectivity index (χ1v) is 6.93. The van der Waals surface area contributed by atoms with E-state index in [0.29, 0.717) is 28.1 Å². The Hall–Kier alpha value is -1.78. The zero-order chi connectivity index (χ0) is 15.4. The van der Waals surface area contributed by atoms with E-state index >= 15 is 0 Å². The van der Waals surface area contributed by atoms with Gasteiger partial charge in [0.05, 0.1) is 30.0 Å². The summed E-state index contributed by atoms with van der Waals surface area (Å²) in [6.07, 6.45) is 0. The second-order valence-electron chi connectivity index (χ2n) is 4.33. The first-order valence-electron chi connectivity index (χ1n) is 6.18. The molecule has 2 N–H and O–H groups in total. The number of anilines is 1. The van der Waals surface area contributed by atoms with Crippen molar-refractivity contribution < 1.29 is 14.6 Å². The van der Waals surface area contributed by atoms with E-state index in [1.807, 2.05) is 0 Å². The quantitative estimate of drug-likeness (QED) is 0.858. The summed E-state index contributed by atoms with van der Waals surface area (Å²) in [4.78, 5) is 0. The number of rotatable bonds is 5. The molecule has 0 amide bonds. The lowest BCUT2D eigenvalue weighted by Gasteiger charge is -2.13. The van der Waals surface area contributed by atoms with Crippen molar-refractivity contribution >= 4 is 28.9 Å². The van der Waals surface area contributed by atoms with E-state index in [2.05, 4.69) is 5.32 Å². The molecule has 0 aromatic heterocycles. The Morgan fingerprint density at radius 2 is 1.67 bits per heavy atom. The van der Waals surface area contributed by atoms with Crippen molar-refractivity contribution in [2.24, 2.45) is 0 Å². The number of phenols is 1. The fourth-order valence-corrected chi connectivity index (χ4v) is 2.27. The van der Waals surface area contributed by atoms with Gasteiger partial charge in [0.2, 0.25) is 0 Å². The van der Waals surface area contributed by atoms with Gasteiger partial charge < -0.3 is 19.9 Å². The molecule has 0 heterocycles. The number of methoxy groups -OCH3 is 2. The predicted octanol–water partition coefficient (Wildman–Crippen LogP) is 4.33. The second-order valence-corrected chi connectivity index (χ2v) is 5.14. The van der Waals surface area contributed by atoms with Gasteiger partial charge in [0.1, 0.15) is 5.75 Å². The van der Waals surface area contributed by atoms with Crippen molar-refractivity contribution in [1.82, 2.24) is 0 Å². The van der Waals surface area contributed by atoms with Gasteiger partial charge in [-0.15, -0.1) is 0 Å². The maximum atomic E-state index is 9.40. The first-order chi connectivity index (χ1) is 10.0. The van der Waals surface area contributed by atoms with Crippen molar-refractivity contribution in [2.75, 3.05) is 19.5 Å². The summed E-state index contributed by atoms with van der Waals surface area (Å²) < 4.78 is 10.4. The van der Waals surface area contributed by atoms with Gasteiger partial charge in [-0.25, -0.2) is 0 Å². The molecule has 0 spiro atoms. The minimum absolute atomic E-state index is 0.0598. The summed E-state index contributed by atoms with van der Waals surface area (Å²) >= 11 is 12.1. The minimum Gasteiger partial charge on any atom is -0.506 e. The van der Waals surface area contributed by atoms with Gasteiger partial charge >= 0.3 is 0 Å². The molecule has 112 valence electrons. The van der Waals surface area contributed by atoms with Crippen molar-refractivity contribution in [3.8, 4) is 17.2 Å². The highest BCUT2D eigenvalue weighted by Gasteiger charge is 2.10. The van der Waals surface area contributed by atoms with Crippen LogP contribution in [-0.2, 0) is 6.54 Å². The molecule has 2 aromatic rings. The van der Waals surface area contributed by atoms with Crippen molar-refractivity contribution in [3.63, 3.8) is 0 Å². The third-order valence-electron chi connectivity index (χ3n) is 2.97. The maximum Gasteiger partial charge on any atom is 0.162 e. The van der Waals surface area contributed by atoms with Gasteiger partial charge in [-0.2, -0.15) is 0 Å². The number of benzene rings is 2. The first kappa shape index (κ1) is 15.6. The highest BCUT2D eigenvalue weighted by molar-refractivity contribution is 6.33. The van der Waals surface area contributed by atoms with Crippen LogP contribution >= 0.6 is 23.2 Å². The Bertz CT molecular complexity index is 647. The Kier molecular flexibility index (Phi) is 5.04. The summed E-state index contributed by atoms with van der Waals surface area (Å²) in [5.41, 5.74) is 1.64. The van der Waals surface area contributed by atoms with Crippen molar-refractivity contribution in [2.45, 2.75) is 6.54 Å². The standard InChI is InChI=1S/C15H15Cl2NO3/c1-20-14-6-10(16)12(7-15(14)21-2)18-8-9-3-4-13(19)11(17)5-9/h3-7,18-19H,8H2,1-2H3. The normalized spacial score (nSPS) is 10.3. The van der Waals surface area contributed by atoms with Gasteiger partial charge in [-0.3, -0.25) is 0 Å². The molecule has 0 saturated heterocycles. The smallest absolute Gasteiger partial charge is 0.162 e. The molecular formula is C15H15Cl2NO3. The molecule has 0 aliphatic heterocycles. The van der Waals surface area contributed by atoms with E-state index in [9.17, 15) is 5.11 Å². The van der Waals surface area contributed by atoms with Crippen LogP contribution in [-0.4, -0.2) is 19.3 Å². The van der Waals surface area contributed by atoms with Crippen molar-refractivity contribution in [3.05, 3.63) is 45.9 Å². The molecule has 2 aromatic carbocycles. The lowest BCUT2D eigenvalue weighted by atomic mass is 10.2. The number of hydrogen-bond donors (Lipinski definition) is 2. The molecule has 0 radical (unpaired) electrons. The molecule has 0 aliphatic carbocycles. The molecular weight excluding hydrogens is 313 g/mol. The van der Waals surface area contributed by atoms with Crippen LogP contribution in [0, 0.1) is 0 Å². The molecule has 0 saturated carbocycles. The predicted molar refractivity (Wildman–Crippen MR) is 85.0 cm³/mol. The molecule has 0 bridgehead atoms. The fraction of sp³-hybridized carbons (Fsp3) is 0.200. The molecule has 0 aliphatic rings. The second kappa shape index (κ2) is 6.78. The monoisotopic (exact) mass is 327 g/mol. The summed E-state index contributed by atoms with van der Waals surface area (Å²) in [5, 5.41) is 13.4. The Balaban J connectivity index is 2.17. The Morgan fingerprint density at radius 3 is 2.29 bits per heavy atom. The summed E-state index contributed by atoms with van der Waals surface area (Å²) in [7, 11) is 3.12. The lowest BCUT2D eigenvalue weighted by Crippen LogP contribution is -2.01. The molecule has 0 unspecified atom stereocenters. The number of ether oxygens (including phenoxy) is 2. The van der Waals surface area contributed by atoms with Crippen LogP contribution in [0.3, 0.4) is 0 Å². The molecule has 2 rings (SSSR count). The SMILES string of the molecule is COc1cc(Cl)c(NCc2ccc(O)c(Cl)c2)cc1OC. The number of phenolic OH excluding ortho intramolecular Hbond substituents is 1. The summed E-state index contributed by atoms with van der Waals surface area (Å²) in [5.74, 6) is 1.22. The Morgan fingerprint density at radius 1 is 1.00 bits per heavy atom.